The zero-order valence-electron chi connectivity index (χ0n) is 17.0. The van der Waals surface area contributed by atoms with Crippen LogP contribution in [0.5, 0.6) is 0 Å². The van der Waals surface area contributed by atoms with Crippen LogP contribution in [-0.4, -0.2) is 16.6 Å². The van der Waals surface area contributed by atoms with E-state index in [9.17, 15) is 19.7 Å². The fourth-order valence-corrected chi connectivity index (χ4v) is 4.98. The number of halogens is 2. The van der Waals surface area contributed by atoms with Gasteiger partial charge >= 0.3 is 0 Å². The summed E-state index contributed by atoms with van der Waals surface area (Å²) in [5, 5.41) is 12.4. The monoisotopic (exact) mass is 458 g/mol. The molecule has 0 N–H and O–H groups in total. The van der Waals surface area contributed by atoms with E-state index in [0.29, 0.717) is 34.7 Å². The van der Waals surface area contributed by atoms with Gasteiger partial charge in [0.25, 0.3) is 5.69 Å². The Hall–Kier alpha value is -2.70. The minimum atomic E-state index is -0.565. The van der Waals surface area contributed by atoms with Gasteiger partial charge in [0.1, 0.15) is 5.69 Å². The molecule has 0 bridgehead atoms. The van der Waals surface area contributed by atoms with Crippen LogP contribution in [0.4, 0.5) is 11.4 Å². The average molecular weight is 459 g/mol. The van der Waals surface area contributed by atoms with E-state index in [4.69, 9.17) is 23.2 Å². The highest BCUT2D eigenvalue weighted by Gasteiger charge is 2.45. The second-order valence-electron chi connectivity index (χ2n) is 8.70. The standard InChI is InChI=1S/C23H20Cl2N2O4/c1-23(2)11-19-22(20(28)12-23)15(14-5-3-4-6-16(14)25)10-21(29)26(19)17-8-7-13(24)9-18(17)27(30)31/h3-9,15H,10-12H2,1-2H3. The smallest absolute Gasteiger partial charge is 0.294 e. The van der Waals surface area contributed by atoms with Crippen LogP contribution in [-0.2, 0) is 9.59 Å². The number of benzene rings is 2. The zero-order valence-corrected chi connectivity index (χ0v) is 18.5. The molecule has 0 saturated heterocycles. The molecule has 8 heteroatoms. The van der Waals surface area contributed by atoms with Crippen LogP contribution >= 0.6 is 23.2 Å². The van der Waals surface area contributed by atoms with Crippen LogP contribution < -0.4 is 4.90 Å². The first-order chi connectivity index (χ1) is 14.6. The summed E-state index contributed by atoms with van der Waals surface area (Å²) in [5.74, 6) is -0.868. The lowest BCUT2D eigenvalue weighted by Crippen LogP contribution is -2.44. The number of carbonyl (C=O) groups is 2. The zero-order chi connectivity index (χ0) is 22.5. The Morgan fingerprint density at radius 2 is 1.81 bits per heavy atom. The highest BCUT2D eigenvalue weighted by molar-refractivity contribution is 6.31. The quantitative estimate of drug-likeness (QED) is 0.413. The van der Waals surface area contributed by atoms with Crippen molar-refractivity contribution >= 4 is 46.3 Å². The molecule has 2 aliphatic rings. The van der Waals surface area contributed by atoms with E-state index in [1.165, 1.54) is 23.1 Å². The Morgan fingerprint density at radius 3 is 2.48 bits per heavy atom. The van der Waals surface area contributed by atoms with Crippen molar-refractivity contribution in [3.05, 3.63) is 79.5 Å². The van der Waals surface area contributed by atoms with Crippen molar-refractivity contribution in [2.45, 2.75) is 39.0 Å². The minimum Gasteiger partial charge on any atom is -0.294 e. The fraction of sp³-hybridized carbons (Fsp3) is 0.304. The van der Waals surface area contributed by atoms with Crippen molar-refractivity contribution in [3.8, 4) is 0 Å². The predicted octanol–water partition coefficient (Wildman–Crippen LogP) is 6.07. The minimum absolute atomic E-state index is 0.00544. The third kappa shape index (κ3) is 3.86. The Labute approximate surface area is 189 Å². The number of rotatable bonds is 3. The number of amides is 1. The van der Waals surface area contributed by atoms with E-state index in [0.717, 1.165) is 0 Å². The maximum absolute atomic E-state index is 13.4. The van der Waals surface area contributed by atoms with Gasteiger partial charge in [0.05, 0.1) is 4.92 Å². The Morgan fingerprint density at radius 1 is 1.10 bits per heavy atom. The number of nitro benzene ring substituents is 1. The lowest BCUT2D eigenvalue weighted by atomic mass is 9.69. The summed E-state index contributed by atoms with van der Waals surface area (Å²) in [6, 6.07) is 11.4. The second-order valence-corrected chi connectivity index (χ2v) is 9.54. The maximum Gasteiger partial charge on any atom is 0.294 e. The van der Waals surface area contributed by atoms with Gasteiger partial charge in [0, 0.05) is 46.1 Å². The fourth-order valence-electron chi connectivity index (χ4n) is 4.55. The summed E-state index contributed by atoms with van der Waals surface area (Å²) >= 11 is 12.4. The van der Waals surface area contributed by atoms with Crippen molar-refractivity contribution in [3.63, 3.8) is 0 Å². The number of Topliss-reactive ketones (excluding diaryl/α,β-unsaturated/α-hetero) is 1. The van der Waals surface area contributed by atoms with E-state index >= 15 is 0 Å². The van der Waals surface area contributed by atoms with Gasteiger partial charge in [0.2, 0.25) is 5.91 Å². The number of hydrogen-bond donors (Lipinski definition) is 0. The van der Waals surface area contributed by atoms with Crippen molar-refractivity contribution in [2.24, 2.45) is 5.41 Å². The van der Waals surface area contributed by atoms with Gasteiger partial charge in [-0.15, -0.1) is 0 Å². The third-order valence-electron chi connectivity index (χ3n) is 5.80. The Balaban J connectivity index is 1.97. The number of allylic oxidation sites excluding steroid dienone is 2. The highest BCUT2D eigenvalue weighted by Crippen LogP contribution is 2.50. The number of ketones is 1. The molecule has 1 unspecified atom stereocenters. The van der Waals surface area contributed by atoms with E-state index in [1.807, 2.05) is 26.0 Å². The van der Waals surface area contributed by atoms with E-state index < -0.39 is 16.3 Å². The summed E-state index contributed by atoms with van der Waals surface area (Å²) < 4.78 is 0. The van der Waals surface area contributed by atoms with Crippen LogP contribution in [0.25, 0.3) is 0 Å². The first-order valence-electron chi connectivity index (χ1n) is 9.86. The molecule has 0 radical (unpaired) electrons. The summed E-state index contributed by atoms with van der Waals surface area (Å²) in [5.41, 5.74) is 1.18. The predicted molar refractivity (Wildman–Crippen MR) is 119 cm³/mol. The second kappa shape index (κ2) is 7.77. The van der Waals surface area contributed by atoms with Crippen molar-refractivity contribution in [2.75, 3.05) is 4.90 Å². The van der Waals surface area contributed by atoms with Gasteiger partial charge in [0.15, 0.2) is 5.78 Å². The van der Waals surface area contributed by atoms with Gasteiger partial charge in [-0.1, -0.05) is 55.2 Å². The Kier molecular flexibility index (Phi) is 5.40. The molecule has 0 fully saturated rings. The lowest BCUT2D eigenvalue weighted by Gasteiger charge is -2.42. The maximum atomic E-state index is 13.4. The van der Waals surface area contributed by atoms with E-state index in [-0.39, 0.29) is 34.5 Å². The normalized spacial score (nSPS) is 20.6. The summed E-state index contributed by atoms with van der Waals surface area (Å²) in [7, 11) is 0. The molecule has 2 aromatic rings. The third-order valence-corrected chi connectivity index (χ3v) is 6.38. The van der Waals surface area contributed by atoms with Gasteiger partial charge in [-0.25, -0.2) is 0 Å². The van der Waals surface area contributed by atoms with E-state index in [1.54, 1.807) is 12.1 Å². The van der Waals surface area contributed by atoms with Gasteiger partial charge in [-0.05, 0) is 35.6 Å². The molecule has 1 amide bonds. The molecule has 0 aromatic heterocycles. The molecule has 160 valence electrons. The van der Waals surface area contributed by atoms with Crippen LogP contribution in [0.15, 0.2) is 53.7 Å². The first kappa shape index (κ1) is 21.5. The van der Waals surface area contributed by atoms with Crippen LogP contribution in [0.2, 0.25) is 10.0 Å². The average Bonchev–Trinajstić information content (AvgIpc) is 2.67. The molecule has 6 nitrogen and oxygen atoms in total. The summed E-state index contributed by atoms with van der Waals surface area (Å²) in [6.45, 7) is 3.90. The van der Waals surface area contributed by atoms with Crippen LogP contribution in [0, 0.1) is 15.5 Å². The van der Waals surface area contributed by atoms with Crippen LogP contribution in [0.1, 0.15) is 44.6 Å². The van der Waals surface area contributed by atoms with Crippen molar-refractivity contribution in [1.29, 1.82) is 0 Å². The highest BCUT2D eigenvalue weighted by atomic mass is 35.5. The summed E-state index contributed by atoms with van der Waals surface area (Å²) in [6.07, 6.45) is 0.757. The van der Waals surface area contributed by atoms with Crippen molar-refractivity contribution < 1.29 is 14.5 Å². The Bertz CT molecular complexity index is 1160. The number of anilines is 1. The van der Waals surface area contributed by atoms with Crippen LogP contribution in [0.3, 0.4) is 0 Å². The molecule has 2 aromatic carbocycles. The SMILES string of the molecule is CC1(C)CC(=O)C2=C(C1)N(c1ccc(Cl)cc1[N+](=O)[O-])C(=O)CC2c1ccccc1Cl. The largest absolute Gasteiger partial charge is 0.294 e. The number of carbonyl (C=O) groups excluding carboxylic acids is 2. The van der Waals surface area contributed by atoms with Gasteiger partial charge in [-0.2, -0.15) is 0 Å². The molecular formula is C23H20Cl2N2O4. The topological polar surface area (TPSA) is 80.5 Å². The van der Waals surface area contributed by atoms with Crippen molar-refractivity contribution in [1.82, 2.24) is 0 Å². The number of nitro groups is 1. The molecule has 0 spiro atoms. The first-order valence-corrected chi connectivity index (χ1v) is 10.6. The molecule has 1 aliphatic carbocycles. The molecule has 31 heavy (non-hydrogen) atoms. The lowest BCUT2D eigenvalue weighted by molar-refractivity contribution is -0.384. The molecule has 4 rings (SSSR count). The van der Waals surface area contributed by atoms with Gasteiger partial charge < -0.3 is 0 Å². The van der Waals surface area contributed by atoms with E-state index in [2.05, 4.69) is 0 Å². The van der Waals surface area contributed by atoms with Gasteiger partial charge in [-0.3, -0.25) is 24.6 Å². The molecule has 1 heterocycles. The molecule has 1 aliphatic heterocycles. The summed E-state index contributed by atoms with van der Waals surface area (Å²) in [4.78, 5) is 39.2. The molecule has 0 saturated carbocycles. The molecular weight excluding hydrogens is 439 g/mol. The molecule has 1 atom stereocenters. The number of hydrogen-bond acceptors (Lipinski definition) is 4. The number of nitrogens with zero attached hydrogens (tertiary/aromatic N) is 2.